The van der Waals surface area contributed by atoms with Crippen LogP contribution in [-0.2, 0) is 14.9 Å². The zero-order valence-corrected chi connectivity index (χ0v) is 17.4. The third-order valence-corrected chi connectivity index (χ3v) is 5.02. The highest BCUT2D eigenvalue weighted by Crippen LogP contribution is 2.23. The van der Waals surface area contributed by atoms with Crippen molar-refractivity contribution in [3.8, 4) is 5.75 Å². The van der Waals surface area contributed by atoms with Gasteiger partial charge in [-0.15, -0.1) is 0 Å². The maximum absolute atomic E-state index is 12.5. The van der Waals surface area contributed by atoms with Crippen LogP contribution in [0.4, 0.5) is 5.69 Å². The summed E-state index contributed by atoms with van der Waals surface area (Å²) < 4.78 is 10.8. The van der Waals surface area contributed by atoms with Gasteiger partial charge in [0.25, 0.3) is 11.8 Å². The van der Waals surface area contributed by atoms with Crippen molar-refractivity contribution in [3.05, 3.63) is 59.7 Å². The number of ether oxygens (including phenoxy) is 2. The Kier molecular flexibility index (Phi) is 6.23. The van der Waals surface area contributed by atoms with Crippen molar-refractivity contribution in [2.45, 2.75) is 32.3 Å². The summed E-state index contributed by atoms with van der Waals surface area (Å²) in [7, 11) is 1.60. The Hall–Kier alpha value is -2.86. The molecule has 0 aliphatic carbocycles. The number of amides is 2. The van der Waals surface area contributed by atoms with Gasteiger partial charge in [-0.2, -0.15) is 0 Å². The number of nitrogens with one attached hydrogen (secondary N) is 1. The molecule has 1 N–H and O–H groups in total. The van der Waals surface area contributed by atoms with E-state index >= 15 is 0 Å². The first-order valence-electron chi connectivity index (χ1n) is 9.72. The lowest BCUT2D eigenvalue weighted by atomic mass is 9.87. The second-order valence-corrected chi connectivity index (χ2v) is 8.17. The molecule has 1 aliphatic heterocycles. The Morgan fingerprint density at radius 1 is 1.14 bits per heavy atom. The highest BCUT2D eigenvalue weighted by Gasteiger charge is 2.28. The predicted octanol–water partition coefficient (Wildman–Crippen LogP) is 3.15. The zero-order chi connectivity index (χ0) is 21.0. The van der Waals surface area contributed by atoms with Crippen molar-refractivity contribution in [2.24, 2.45) is 0 Å². The maximum Gasteiger partial charge on any atom is 0.253 e. The number of anilines is 1. The monoisotopic (exact) mass is 396 g/mol. The van der Waals surface area contributed by atoms with Gasteiger partial charge in [0, 0.05) is 17.8 Å². The minimum absolute atomic E-state index is 0.00710. The first kappa shape index (κ1) is 20.9. The van der Waals surface area contributed by atoms with Gasteiger partial charge in [0.1, 0.15) is 12.4 Å². The number of nitrogens with zero attached hydrogens (tertiary/aromatic N) is 1. The highest BCUT2D eigenvalue weighted by atomic mass is 16.5. The van der Waals surface area contributed by atoms with E-state index in [9.17, 15) is 9.59 Å². The molecule has 0 radical (unpaired) electrons. The van der Waals surface area contributed by atoms with Gasteiger partial charge in [0.05, 0.1) is 19.8 Å². The molecule has 1 fully saturated rings. The average molecular weight is 396 g/mol. The van der Waals surface area contributed by atoms with Crippen molar-refractivity contribution >= 4 is 17.5 Å². The first-order valence-corrected chi connectivity index (χ1v) is 9.72. The van der Waals surface area contributed by atoms with Crippen molar-refractivity contribution in [2.75, 3.05) is 31.7 Å². The Morgan fingerprint density at radius 2 is 1.79 bits per heavy atom. The van der Waals surface area contributed by atoms with Crippen LogP contribution in [-0.4, -0.2) is 44.7 Å². The quantitative estimate of drug-likeness (QED) is 0.843. The van der Waals surface area contributed by atoms with E-state index in [1.54, 1.807) is 12.0 Å². The normalized spacial score (nSPS) is 17.2. The summed E-state index contributed by atoms with van der Waals surface area (Å²) in [5.41, 5.74) is 2.62. The van der Waals surface area contributed by atoms with Gasteiger partial charge in [-0.3, -0.25) is 9.59 Å². The van der Waals surface area contributed by atoms with Gasteiger partial charge in [-0.1, -0.05) is 32.9 Å². The standard InChI is InChI=1S/C23H28N2O4/c1-23(2,3)17-7-5-16(6-8-17)22(27)24-13-20-14-25(21(26)15-29-20)18-9-11-19(28-4)12-10-18/h5-12,20H,13-15H2,1-4H3,(H,24,27). The van der Waals surface area contributed by atoms with Crippen LogP contribution in [0.2, 0.25) is 0 Å². The molecule has 3 rings (SSSR count). The number of rotatable bonds is 5. The zero-order valence-electron chi connectivity index (χ0n) is 17.4. The molecule has 154 valence electrons. The third kappa shape index (κ3) is 5.15. The Morgan fingerprint density at radius 3 is 2.38 bits per heavy atom. The van der Waals surface area contributed by atoms with E-state index in [0.717, 1.165) is 11.4 Å². The molecule has 6 heteroatoms. The molecule has 2 aromatic carbocycles. The summed E-state index contributed by atoms with van der Waals surface area (Å²) in [6.07, 6.45) is -0.271. The van der Waals surface area contributed by atoms with Crippen LogP contribution in [0.3, 0.4) is 0 Å². The van der Waals surface area contributed by atoms with E-state index in [4.69, 9.17) is 9.47 Å². The van der Waals surface area contributed by atoms with Crippen LogP contribution in [0.5, 0.6) is 5.75 Å². The summed E-state index contributed by atoms with van der Waals surface area (Å²) in [4.78, 5) is 26.4. The van der Waals surface area contributed by atoms with Gasteiger partial charge >= 0.3 is 0 Å². The number of hydrogen-bond acceptors (Lipinski definition) is 4. The van der Waals surface area contributed by atoms with E-state index < -0.39 is 0 Å². The van der Waals surface area contributed by atoms with Crippen LogP contribution in [0, 0.1) is 0 Å². The fourth-order valence-electron chi connectivity index (χ4n) is 3.19. The molecular weight excluding hydrogens is 368 g/mol. The smallest absolute Gasteiger partial charge is 0.253 e. The summed E-state index contributed by atoms with van der Waals surface area (Å²) >= 11 is 0. The van der Waals surface area contributed by atoms with E-state index in [1.165, 1.54) is 5.56 Å². The predicted molar refractivity (Wildman–Crippen MR) is 113 cm³/mol. The average Bonchev–Trinajstić information content (AvgIpc) is 2.72. The van der Waals surface area contributed by atoms with Crippen LogP contribution < -0.4 is 15.0 Å². The third-order valence-electron chi connectivity index (χ3n) is 5.02. The minimum Gasteiger partial charge on any atom is -0.497 e. The van der Waals surface area contributed by atoms with Gasteiger partial charge in [0.2, 0.25) is 0 Å². The second kappa shape index (κ2) is 8.66. The number of benzene rings is 2. The maximum atomic E-state index is 12.5. The summed E-state index contributed by atoms with van der Waals surface area (Å²) in [6, 6.07) is 15.0. The number of carbonyl (C=O) groups excluding carboxylic acids is 2. The summed E-state index contributed by atoms with van der Waals surface area (Å²) in [5.74, 6) is 0.480. The summed E-state index contributed by atoms with van der Waals surface area (Å²) in [6.45, 7) is 7.12. The van der Waals surface area contributed by atoms with Crippen LogP contribution >= 0.6 is 0 Å². The van der Waals surface area contributed by atoms with Crippen molar-refractivity contribution in [1.29, 1.82) is 0 Å². The molecule has 1 atom stereocenters. The second-order valence-electron chi connectivity index (χ2n) is 8.17. The Bertz CT molecular complexity index is 854. The molecule has 0 spiro atoms. The van der Waals surface area contributed by atoms with Crippen LogP contribution in [0.15, 0.2) is 48.5 Å². The van der Waals surface area contributed by atoms with Crippen molar-refractivity contribution < 1.29 is 19.1 Å². The first-order chi connectivity index (χ1) is 13.8. The Balaban J connectivity index is 1.58. The molecule has 6 nitrogen and oxygen atoms in total. The molecule has 0 saturated carbocycles. The lowest BCUT2D eigenvalue weighted by Crippen LogP contribution is -2.50. The Labute approximate surface area is 171 Å². The molecule has 0 bridgehead atoms. The molecule has 0 aromatic heterocycles. The summed E-state index contributed by atoms with van der Waals surface area (Å²) in [5, 5.41) is 2.91. The lowest BCUT2D eigenvalue weighted by Gasteiger charge is -2.33. The molecule has 1 saturated heterocycles. The topological polar surface area (TPSA) is 67.9 Å². The lowest BCUT2D eigenvalue weighted by molar-refractivity contribution is -0.129. The number of carbonyl (C=O) groups is 2. The SMILES string of the molecule is COc1ccc(N2CC(CNC(=O)c3ccc(C(C)(C)C)cc3)OCC2=O)cc1. The van der Waals surface area contributed by atoms with Gasteiger partial charge in [-0.25, -0.2) is 0 Å². The van der Waals surface area contributed by atoms with Gasteiger partial charge in [-0.05, 0) is 47.4 Å². The largest absolute Gasteiger partial charge is 0.497 e. The number of methoxy groups -OCH3 is 1. The van der Waals surface area contributed by atoms with Crippen molar-refractivity contribution in [3.63, 3.8) is 0 Å². The van der Waals surface area contributed by atoms with E-state index in [2.05, 4.69) is 26.1 Å². The number of hydrogen-bond donors (Lipinski definition) is 1. The molecule has 1 heterocycles. The minimum atomic E-state index is -0.271. The number of morpholine rings is 1. The molecule has 2 aromatic rings. The molecule has 29 heavy (non-hydrogen) atoms. The van der Waals surface area contributed by atoms with E-state index in [0.29, 0.717) is 18.7 Å². The molecule has 2 amide bonds. The fraction of sp³-hybridized carbons (Fsp3) is 0.391. The van der Waals surface area contributed by atoms with E-state index in [-0.39, 0.29) is 29.9 Å². The van der Waals surface area contributed by atoms with Crippen molar-refractivity contribution in [1.82, 2.24) is 5.32 Å². The van der Waals surface area contributed by atoms with Gasteiger partial charge < -0.3 is 19.7 Å². The fourth-order valence-corrected chi connectivity index (χ4v) is 3.19. The molecule has 1 unspecified atom stereocenters. The van der Waals surface area contributed by atoms with Gasteiger partial charge in [0.15, 0.2) is 0 Å². The van der Waals surface area contributed by atoms with Crippen LogP contribution in [0.1, 0.15) is 36.7 Å². The highest BCUT2D eigenvalue weighted by molar-refractivity contribution is 5.95. The van der Waals surface area contributed by atoms with Crippen LogP contribution in [0.25, 0.3) is 0 Å². The molecular formula is C23H28N2O4. The van der Waals surface area contributed by atoms with E-state index in [1.807, 2.05) is 48.5 Å². The molecule has 1 aliphatic rings.